The summed E-state index contributed by atoms with van der Waals surface area (Å²) < 4.78 is 7.33. The number of rotatable bonds is 3. The molecular formula is C19H23N3O3. The Kier molecular flexibility index (Phi) is 4.53. The van der Waals surface area contributed by atoms with Crippen LogP contribution in [0.4, 0.5) is 0 Å². The number of hydrogen-bond donors (Lipinski definition) is 1. The minimum atomic E-state index is -0.144. The zero-order valence-electron chi connectivity index (χ0n) is 14.3. The molecule has 1 fully saturated rings. The highest BCUT2D eigenvalue weighted by Crippen LogP contribution is 2.17. The molecule has 6 nitrogen and oxygen atoms in total. The van der Waals surface area contributed by atoms with E-state index in [-0.39, 0.29) is 17.6 Å². The summed E-state index contributed by atoms with van der Waals surface area (Å²) in [7, 11) is 0. The number of amides is 1. The number of benzene rings is 1. The Morgan fingerprint density at radius 2 is 2.20 bits per heavy atom. The van der Waals surface area contributed by atoms with Crippen molar-refractivity contribution in [2.24, 2.45) is 0 Å². The van der Waals surface area contributed by atoms with Gasteiger partial charge in [-0.25, -0.2) is 4.98 Å². The lowest BCUT2D eigenvalue weighted by Crippen LogP contribution is -2.31. The summed E-state index contributed by atoms with van der Waals surface area (Å²) in [6.07, 6.45) is 6.17. The quantitative estimate of drug-likeness (QED) is 0.927. The summed E-state index contributed by atoms with van der Waals surface area (Å²) in [6, 6.07) is 5.16. The van der Waals surface area contributed by atoms with Gasteiger partial charge in [-0.15, -0.1) is 0 Å². The molecule has 0 unspecified atom stereocenters. The molecule has 132 valence electrons. The van der Waals surface area contributed by atoms with Crippen molar-refractivity contribution in [1.29, 1.82) is 0 Å². The molecule has 0 saturated carbocycles. The van der Waals surface area contributed by atoms with Crippen molar-refractivity contribution in [3.8, 4) is 0 Å². The molecular weight excluding hydrogens is 318 g/mol. The Morgan fingerprint density at radius 3 is 3.04 bits per heavy atom. The molecule has 1 N–H and O–H groups in total. The summed E-state index contributed by atoms with van der Waals surface area (Å²) in [5.74, 6) is 0.696. The van der Waals surface area contributed by atoms with Gasteiger partial charge >= 0.3 is 0 Å². The lowest BCUT2D eigenvalue weighted by Gasteiger charge is -2.12. The number of aromatic nitrogens is 2. The number of aryl methyl sites for hydroxylation is 1. The third-order valence-electron chi connectivity index (χ3n) is 5.09. The molecule has 0 bridgehead atoms. The molecule has 1 aromatic heterocycles. The maximum Gasteiger partial charge on any atom is 0.261 e. The Hall–Kier alpha value is -2.21. The first kappa shape index (κ1) is 16.3. The number of fused-ring (bicyclic) bond motifs is 2. The molecule has 3 heterocycles. The third-order valence-corrected chi connectivity index (χ3v) is 5.09. The van der Waals surface area contributed by atoms with Crippen molar-refractivity contribution in [3.63, 3.8) is 0 Å². The van der Waals surface area contributed by atoms with E-state index >= 15 is 0 Å². The van der Waals surface area contributed by atoms with Crippen LogP contribution in [0, 0.1) is 0 Å². The largest absolute Gasteiger partial charge is 0.376 e. The van der Waals surface area contributed by atoms with Crippen LogP contribution in [0.3, 0.4) is 0 Å². The maximum absolute atomic E-state index is 12.7. The molecule has 1 saturated heterocycles. The van der Waals surface area contributed by atoms with Crippen LogP contribution in [0.2, 0.25) is 0 Å². The lowest BCUT2D eigenvalue weighted by molar-refractivity contribution is 0.0858. The van der Waals surface area contributed by atoms with Gasteiger partial charge in [0.05, 0.1) is 17.0 Å². The number of nitrogens with zero attached hydrogens (tertiary/aromatic N) is 2. The van der Waals surface area contributed by atoms with Gasteiger partial charge in [0.15, 0.2) is 0 Å². The molecule has 4 rings (SSSR count). The van der Waals surface area contributed by atoms with E-state index in [1.807, 2.05) is 0 Å². The summed E-state index contributed by atoms with van der Waals surface area (Å²) in [6.45, 7) is 2.04. The normalized spacial score (nSPS) is 20.2. The maximum atomic E-state index is 12.7. The second kappa shape index (κ2) is 6.96. The predicted molar refractivity (Wildman–Crippen MR) is 94.9 cm³/mol. The fourth-order valence-corrected chi connectivity index (χ4v) is 3.67. The Bertz CT molecular complexity index is 853. The fourth-order valence-electron chi connectivity index (χ4n) is 3.67. The van der Waals surface area contributed by atoms with E-state index in [9.17, 15) is 9.59 Å². The number of carbonyl (C=O) groups excluding carboxylic acids is 1. The molecule has 2 aliphatic heterocycles. The molecule has 0 aliphatic carbocycles. The molecule has 1 aromatic carbocycles. The van der Waals surface area contributed by atoms with E-state index in [0.717, 1.165) is 57.5 Å². The van der Waals surface area contributed by atoms with Crippen molar-refractivity contribution < 1.29 is 9.53 Å². The zero-order valence-corrected chi connectivity index (χ0v) is 14.3. The number of hydrogen-bond acceptors (Lipinski definition) is 4. The van der Waals surface area contributed by atoms with Gasteiger partial charge in [-0.1, -0.05) is 6.42 Å². The van der Waals surface area contributed by atoms with E-state index in [1.54, 1.807) is 22.8 Å². The van der Waals surface area contributed by atoms with Gasteiger partial charge in [-0.05, 0) is 43.9 Å². The van der Waals surface area contributed by atoms with E-state index in [1.165, 1.54) is 0 Å². The second-order valence-electron chi connectivity index (χ2n) is 6.87. The van der Waals surface area contributed by atoms with Crippen LogP contribution in [0.15, 0.2) is 23.0 Å². The first-order valence-electron chi connectivity index (χ1n) is 9.15. The molecule has 0 spiro atoms. The average molecular weight is 341 g/mol. The standard InChI is InChI=1S/C19H23N3O3/c23-18(20-12-14-5-4-10-25-14)13-7-8-15-16(11-13)21-17-6-2-1-3-9-22(17)19(15)24/h7-8,11,14H,1-6,9-10,12H2,(H,20,23)/t14-/m0/s1. The predicted octanol–water partition coefficient (Wildman–Crippen LogP) is 2.03. The van der Waals surface area contributed by atoms with Crippen molar-refractivity contribution in [3.05, 3.63) is 39.9 Å². The van der Waals surface area contributed by atoms with Crippen molar-refractivity contribution in [1.82, 2.24) is 14.9 Å². The molecule has 2 aliphatic rings. The van der Waals surface area contributed by atoms with Crippen molar-refractivity contribution >= 4 is 16.8 Å². The van der Waals surface area contributed by atoms with Crippen LogP contribution in [-0.2, 0) is 17.7 Å². The summed E-state index contributed by atoms with van der Waals surface area (Å²) in [5, 5.41) is 3.50. The van der Waals surface area contributed by atoms with Gasteiger partial charge in [0.25, 0.3) is 11.5 Å². The Balaban J connectivity index is 1.61. The molecule has 6 heteroatoms. The SMILES string of the molecule is O=C(NC[C@@H]1CCCO1)c1ccc2c(=O)n3c(nc2c1)CCCCC3. The van der Waals surface area contributed by atoms with Crippen LogP contribution in [-0.4, -0.2) is 34.7 Å². The van der Waals surface area contributed by atoms with Crippen molar-refractivity contribution in [2.75, 3.05) is 13.2 Å². The van der Waals surface area contributed by atoms with E-state index in [0.29, 0.717) is 23.0 Å². The van der Waals surface area contributed by atoms with Crippen LogP contribution >= 0.6 is 0 Å². The first-order valence-corrected chi connectivity index (χ1v) is 9.15. The van der Waals surface area contributed by atoms with Crippen LogP contribution < -0.4 is 10.9 Å². The second-order valence-corrected chi connectivity index (χ2v) is 6.87. The fraction of sp³-hybridized carbons (Fsp3) is 0.526. The van der Waals surface area contributed by atoms with Gasteiger partial charge in [0.2, 0.25) is 0 Å². The van der Waals surface area contributed by atoms with Crippen LogP contribution in [0.1, 0.15) is 48.3 Å². The molecule has 0 radical (unpaired) electrons. The van der Waals surface area contributed by atoms with Crippen molar-refractivity contribution in [2.45, 2.75) is 51.2 Å². The van der Waals surface area contributed by atoms with Gasteiger partial charge < -0.3 is 10.1 Å². The van der Waals surface area contributed by atoms with Gasteiger partial charge in [0, 0.05) is 31.7 Å². The van der Waals surface area contributed by atoms with Gasteiger partial charge in [0.1, 0.15) is 5.82 Å². The molecule has 2 aromatic rings. The highest BCUT2D eigenvalue weighted by Gasteiger charge is 2.18. The summed E-state index contributed by atoms with van der Waals surface area (Å²) >= 11 is 0. The minimum absolute atomic E-state index is 0.00761. The first-order chi connectivity index (χ1) is 12.2. The number of ether oxygens (including phenoxy) is 1. The van der Waals surface area contributed by atoms with Crippen LogP contribution in [0.5, 0.6) is 0 Å². The average Bonchev–Trinajstić information content (AvgIpc) is 3.04. The third kappa shape index (κ3) is 3.31. The highest BCUT2D eigenvalue weighted by molar-refractivity contribution is 5.97. The minimum Gasteiger partial charge on any atom is -0.376 e. The van der Waals surface area contributed by atoms with E-state index in [4.69, 9.17) is 4.74 Å². The van der Waals surface area contributed by atoms with Gasteiger partial charge in [-0.2, -0.15) is 0 Å². The van der Waals surface area contributed by atoms with Crippen LogP contribution in [0.25, 0.3) is 10.9 Å². The van der Waals surface area contributed by atoms with Gasteiger partial charge in [-0.3, -0.25) is 14.2 Å². The number of carbonyl (C=O) groups is 1. The smallest absolute Gasteiger partial charge is 0.261 e. The summed E-state index contributed by atoms with van der Waals surface area (Å²) in [5.41, 5.74) is 1.16. The summed E-state index contributed by atoms with van der Waals surface area (Å²) in [4.78, 5) is 29.8. The molecule has 25 heavy (non-hydrogen) atoms. The van der Waals surface area contributed by atoms with E-state index in [2.05, 4.69) is 10.3 Å². The lowest BCUT2D eigenvalue weighted by atomic mass is 10.1. The monoisotopic (exact) mass is 341 g/mol. The molecule has 1 amide bonds. The van der Waals surface area contributed by atoms with E-state index < -0.39 is 0 Å². The topological polar surface area (TPSA) is 73.2 Å². The highest BCUT2D eigenvalue weighted by atomic mass is 16.5. The molecule has 1 atom stereocenters. The number of nitrogens with one attached hydrogen (secondary N) is 1. The zero-order chi connectivity index (χ0) is 17.2. The Labute approximate surface area is 146 Å². The Morgan fingerprint density at radius 1 is 1.28 bits per heavy atom.